The molecular formula is C22H21FN2O5. The van der Waals surface area contributed by atoms with Gasteiger partial charge in [0.1, 0.15) is 5.82 Å². The zero-order valence-corrected chi connectivity index (χ0v) is 16.3. The number of amides is 1. The number of nitrogens with zero attached hydrogens (tertiary/aromatic N) is 2. The fourth-order valence-electron chi connectivity index (χ4n) is 3.36. The number of anilines is 1. The molecule has 0 aromatic heterocycles. The van der Waals surface area contributed by atoms with E-state index >= 15 is 0 Å². The van der Waals surface area contributed by atoms with Crippen molar-refractivity contribution in [2.24, 2.45) is 0 Å². The van der Waals surface area contributed by atoms with E-state index in [1.165, 1.54) is 12.1 Å². The van der Waals surface area contributed by atoms with E-state index < -0.39 is 5.97 Å². The third kappa shape index (κ3) is 4.53. The Bertz CT molecular complexity index is 970. The van der Waals surface area contributed by atoms with Gasteiger partial charge in [-0.15, -0.1) is 0 Å². The number of esters is 1. The van der Waals surface area contributed by atoms with Gasteiger partial charge in [0.15, 0.2) is 18.1 Å². The van der Waals surface area contributed by atoms with E-state index in [9.17, 15) is 14.0 Å². The lowest BCUT2D eigenvalue weighted by Crippen LogP contribution is -2.50. The van der Waals surface area contributed by atoms with Crippen LogP contribution in [0.1, 0.15) is 5.56 Å². The molecule has 156 valence electrons. The van der Waals surface area contributed by atoms with Crippen molar-refractivity contribution in [1.29, 1.82) is 0 Å². The van der Waals surface area contributed by atoms with Crippen LogP contribution in [0, 0.1) is 5.82 Å². The first-order valence-corrected chi connectivity index (χ1v) is 9.62. The molecule has 2 aromatic carbocycles. The summed E-state index contributed by atoms with van der Waals surface area (Å²) in [5, 5.41) is 0. The van der Waals surface area contributed by atoms with Crippen molar-refractivity contribution in [3.05, 3.63) is 59.9 Å². The molecule has 7 nitrogen and oxygen atoms in total. The van der Waals surface area contributed by atoms with E-state index in [-0.39, 0.29) is 25.1 Å². The Morgan fingerprint density at radius 2 is 1.80 bits per heavy atom. The van der Waals surface area contributed by atoms with E-state index in [4.69, 9.17) is 14.2 Å². The molecule has 2 aliphatic heterocycles. The van der Waals surface area contributed by atoms with Crippen LogP contribution in [0.25, 0.3) is 6.08 Å². The zero-order valence-electron chi connectivity index (χ0n) is 16.3. The minimum absolute atomic E-state index is 0.182. The molecule has 4 rings (SSSR count). The third-order valence-electron chi connectivity index (χ3n) is 4.97. The number of halogens is 1. The standard InChI is InChI=1S/C22H21FN2O5/c23-17-3-1-2-4-18(17)24-9-11-25(12-10-24)21(26)14-28-22(27)8-6-16-5-7-19-20(13-16)30-15-29-19/h1-8,13H,9-12,14-15H2/b8-6+. The second kappa shape index (κ2) is 8.86. The molecule has 0 bridgehead atoms. The average molecular weight is 412 g/mol. The van der Waals surface area contributed by atoms with Gasteiger partial charge in [0.05, 0.1) is 5.69 Å². The molecule has 1 amide bonds. The summed E-state index contributed by atoms with van der Waals surface area (Å²) in [5.74, 6) is 0.130. The van der Waals surface area contributed by atoms with E-state index in [1.807, 2.05) is 4.90 Å². The SMILES string of the molecule is O=C(/C=C/c1ccc2c(c1)OCO2)OCC(=O)N1CCN(c2ccccc2F)CC1. The highest BCUT2D eigenvalue weighted by molar-refractivity contribution is 5.89. The number of hydrogen-bond donors (Lipinski definition) is 0. The number of carbonyl (C=O) groups excluding carboxylic acids is 2. The second-order valence-corrected chi connectivity index (χ2v) is 6.87. The van der Waals surface area contributed by atoms with Crippen molar-refractivity contribution in [2.45, 2.75) is 0 Å². The fraction of sp³-hybridized carbons (Fsp3) is 0.273. The second-order valence-electron chi connectivity index (χ2n) is 6.87. The molecule has 0 aliphatic carbocycles. The van der Waals surface area contributed by atoms with Crippen molar-refractivity contribution >= 4 is 23.6 Å². The summed E-state index contributed by atoms with van der Waals surface area (Å²) < 4.78 is 29.5. The van der Waals surface area contributed by atoms with E-state index in [1.54, 1.807) is 47.4 Å². The summed E-state index contributed by atoms with van der Waals surface area (Å²) in [7, 11) is 0. The minimum atomic E-state index is -0.606. The van der Waals surface area contributed by atoms with Crippen molar-refractivity contribution in [1.82, 2.24) is 4.90 Å². The van der Waals surface area contributed by atoms with Gasteiger partial charge in [0.25, 0.3) is 5.91 Å². The Morgan fingerprint density at radius 3 is 2.60 bits per heavy atom. The van der Waals surface area contributed by atoms with Gasteiger partial charge in [-0.1, -0.05) is 18.2 Å². The molecule has 2 aromatic rings. The van der Waals surface area contributed by atoms with Crippen molar-refractivity contribution in [3.8, 4) is 11.5 Å². The van der Waals surface area contributed by atoms with Crippen LogP contribution in [0.3, 0.4) is 0 Å². The van der Waals surface area contributed by atoms with Crippen molar-refractivity contribution < 1.29 is 28.2 Å². The maximum atomic E-state index is 13.9. The topological polar surface area (TPSA) is 68.3 Å². The molecule has 0 spiro atoms. The Kier molecular flexibility index (Phi) is 5.83. The minimum Gasteiger partial charge on any atom is -0.454 e. The van der Waals surface area contributed by atoms with Crippen molar-refractivity contribution in [3.63, 3.8) is 0 Å². The molecule has 0 N–H and O–H groups in total. The molecule has 1 saturated heterocycles. The molecule has 1 fully saturated rings. The maximum Gasteiger partial charge on any atom is 0.331 e. The third-order valence-corrected chi connectivity index (χ3v) is 4.97. The Labute approximate surface area is 173 Å². The van der Waals surface area contributed by atoms with Crippen LogP contribution in [0.5, 0.6) is 11.5 Å². The van der Waals surface area contributed by atoms with Gasteiger partial charge in [-0.2, -0.15) is 0 Å². The lowest BCUT2D eigenvalue weighted by molar-refractivity contribution is -0.148. The summed E-state index contributed by atoms with van der Waals surface area (Å²) in [4.78, 5) is 27.8. The van der Waals surface area contributed by atoms with Crippen LogP contribution in [-0.4, -0.2) is 56.4 Å². The number of rotatable bonds is 5. The largest absolute Gasteiger partial charge is 0.454 e. The normalized spacial score (nSPS) is 15.5. The van der Waals surface area contributed by atoms with Gasteiger partial charge < -0.3 is 24.0 Å². The molecule has 30 heavy (non-hydrogen) atoms. The summed E-state index contributed by atoms with van der Waals surface area (Å²) in [5.41, 5.74) is 1.29. The zero-order chi connectivity index (χ0) is 20.9. The first kappa shape index (κ1) is 19.8. The van der Waals surface area contributed by atoms with Gasteiger partial charge in [-0.3, -0.25) is 4.79 Å². The molecule has 0 atom stereocenters. The first-order chi connectivity index (χ1) is 14.6. The Balaban J connectivity index is 1.23. The number of para-hydroxylation sites is 1. The van der Waals surface area contributed by atoms with Crippen molar-refractivity contribution in [2.75, 3.05) is 44.5 Å². The predicted octanol–water partition coefficient (Wildman–Crippen LogP) is 2.46. The van der Waals surface area contributed by atoms with E-state index in [2.05, 4.69) is 0 Å². The van der Waals surface area contributed by atoms with Crippen LogP contribution in [0.4, 0.5) is 10.1 Å². The number of hydrogen-bond acceptors (Lipinski definition) is 6. The molecule has 0 saturated carbocycles. The average Bonchev–Trinajstić information content (AvgIpc) is 3.24. The van der Waals surface area contributed by atoms with Crippen LogP contribution >= 0.6 is 0 Å². The van der Waals surface area contributed by atoms with Gasteiger partial charge in [0.2, 0.25) is 6.79 Å². The molecule has 2 heterocycles. The van der Waals surface area contributed by atoms with E-state index in [0.717, 1.165) is 5.56 Å². The molecule has 2 aliphatic rings. The van der Waals surface area contributed by atoms with Gasteiger partial charge in [0, 0.05) is 32.3 Å². The predicted molar refractivity (Wildman–Crippen MR) is 108 cm³/mol. The monoisotopic (exact) mass is 412 g/mol. The molecular weight excluding hydrogens is 391 g/mol. The van der Waals surface area contributed by atoms with Gasteiger partial charge >= 0.3 is 5.97 Å². The number of fused-ring (bicyclic) bond motifs is 1. The first-order valence-electron chi connectivity index (χ1n) is 9.62. The number of carbonyl (C=O) groups is 2. The fourth-order valence-corrected chi connectivity index (χ4v) is 3.36. The molecule has 0 radical (unpaired) electrons. The van der Waals surface area contributed by atoms with Gasteiger partial charge in [-0.25, -0.2) is 9.18 Å². The van der Waals surface area contributed by atoms with Crippen LogP contribution < -0.4 is 14.4 Å². The number of benzene rings is 2. The molecule has 0 unspecified atom stereocenters. The highest BCUT2D eigenvalue weighted by Gasteiger charge is 2.23. The van der Waals surface area contributed by atoms with Crippen LogP contribution in [0.2, 0.25) is 0 Å². The summed E-state index contributed by atoms with van der Waals surface area (Å²) >= 11 is 0. The van der Waals surface area contributed by atoms with Crippen LogP contribution in [-0.2, 0) is 14.3 Å². The smallest absolute Gasteiger partial charge is 0.331 e. The Hall–Kier alpha value is -3.55. The van der Waals surface area contributed by atoms with E-state index in [0.29, 0.717) is 43.4 Å². The molecule has 8 heteroatoms. The summed E-state index contributed by atoms with van der Waals surface area (Å²) in [6.07, 6.45) is 2.85. The Morgan fingerprint density at radius 1 is 1.03 bits per heavy atom. The summed E-state index contributed by atoms with van der Waals surface area (Å²) in [6, 6.07) is 11.9. The van der Waals surface area contributed by atoms with Crippen LogP contribution in [0.15, 0.2) is 48.5 Å². The number of ether oxygens (including phenoxy) is 3. The highest BCUT2D eigenvalue weighted by atomic mass is 19.1. The lowest BCUT2D eigenvalue weighted by atomic mass is 10.2. The number of piperazine rings is 1. The van der Waals surface area contributed by atoms with Gasteiger partial charge in [-0.05, 0) is 35.9 Å². The quantitative estimate of drug-likeness (QED) is 0.555. The summed E-state index contributed by atoms with van der Waals surface area (Å²) in [6.45, 7) is 1.77. The lowest BCUT2D eigenvalue weighted by Gasteiger charge is -2.36. The highest BCUT2D eigenvalue weighted by Crippen LogP contribution is 2.32. The maximum absolute atomic E-state index is 13.9.